The first-order valence-corrected chi connectivity index (χ1v) is 11.2. The molecule has 2 aromatic heterocycles. The number of fused-ring (bicyclic) bond motifs is 1. The van der Waals surface area contributed by atoms with Crippen molar-refractivity contribution in [2.45, 2.75) is 65.1 Å². The summed E-state index contributed by atoms with van der Waals surface area (Å²) in [4.78, 5) is 9.25. The van der Waals surface area contributed by atoms with E-state index in [0.29, 0.717) is 12.0 Å². The third kappa shape index (κ3) is 4.62. The minimum Gasteiger partial charge on any atom is -0.391 e. The van der Waals surface area contributed by atoms with Gasteiger partial charge in [-0.2, -0.15) is 5.10 Å². The monoisotopic (exact) mass is 420 g/mol. The van der Waals surface area contributed by atoms with Gasteiger partial charge in [0, 0.05) is 29.7 Å². The van der Waals surface area contributed by atoms with Crippen LogP contribution in [0.15, 0.2) is 36.8 Å². The van der Waals surface area contributed by atoms with Gasteiger partial charge in [0.25, 0.3) is 0 Å². The number of nitrogens with one attached hydrogen (secondary N) is 2. The third-order valence-electron chi connectivity index (χ3n) is 5.84. The summed E-state index contributed by atoms with van der Waals surface area (Å²) in [6, 6.07) is 6.58. The summed E-state index contributed by atoms with van der Waals surface area (Å²) in [5.74, 6) is 0.548. The molecule has 3 N–H and O–H groups in total. The maximum absolute atomic E-state index is 10.6. The molecule has 0 saturated carbocycles. The van der Waals surface area contributed by atoms with Gasteiger partial charge >= 0.3 is 0 Å². The molecule has 7 nitrogen and oxygen atoms in total. The molecule has 31 heavy (non-hydrogen) atoms. The topological polar surface area (TPSA) is 87.9 Å². The number of benzene rings is 1. The molecule has 0 amide bonds. The zero-order valence-electron chi connectivity index (χ0n) is 18.8. The van der Waals surface area contributed by atoms with Gasteiger partial charge < -0.3 is 15.7 Å². The van der Waals surface area contributed by atoms with Crippen molar-refractivity contribution < 1.29 is 5.11 Å². The number of nitrogens with zero attached hydrogens (tertiary/aromatic N) is 4. The Morgan fingerprint density at radius 1 is 1.29 bits per heavy atom. The van der Waals surface area contributed by atoms with Crippen molar-refractivity contribution in [3.8, 4) is 11.3 Å². The molecule has 4 rings (SSSR count). The second-order valence-electron chi connectivity index (χ2n) is 8.60. The highest BCUT2D eigenvalue weighted by atomic mass is 16.3. The Balaban J connectivity index is 1.60. The molecule has 1 aromatic carbocycles. The van der Waals surface area contributed by atoms with E-state index in [0.717, 1.165) is 53.9 Å². The summed E-state index contributed by atoms with van der Waals surface area (Å²) >= 11 is 0. The zero-order valence-corrected chi connectivity index (χ0v) is 18.8. The van der Waals surface area contributed by atoms with Crippen molar-refractivity contribution >= 4 is 11.6 Å². The van der Waals surface area contributed by atoms with Crippen LogP contribution in [0.2, 0.25) is 0 Å². The van der Waals surface area contributed by atoms with Gasteiger partial charge in [0.15, 0.2) is 0 Å². The molecule has 2 unspecified atom stereocenters. The van der Waals surface area contributed by atoms with Crippen LogP contribution in [0.3, 0.4) is 0 Å². The average molecular weight is 421 g/mol. The van der Waals surface area contributed by atoms with Crippen molar-refractivity contribution in [3.63, 3.8) is 0 Å². The van der Waals surface area contributed by atoms with Crippen LogP contribution in [-0.2, 0) is 6.42 Å². The van der Waals surface area contributed by atoms with E-state index in [1.54, 1.807) is 0 Å². The lowest BCUT2D eigenvalue weighted by molar-refractivity contribution is 0.114. The third-order valence-corrected chi connectivity index (χ3v) is 5.84. The van der Waals surface area contributed by atoms with E-state index in [-0.39, 0.29) is 12.1 Å². The lowest BCUT2D eigenvalue weighted by Gasteiger charge is -2.31. The van der Waals surface area contributed by atoms with E-state index in [2.05, 4.69) is 59.7 Å². The molecule has 1 aliphatic rings. The number of aliphatic hydroxyl groups is 1. The number of aryl methyl sites for hydroxylation is 1. The first-order valence-electron chi connectivity index (χ1n) is 11.2. The van der Waals surface area contributed by atoms with Gasteiger partial charge in [0.05, 0.1) is 24.0 Å². The van der Waals surface area contributed by atoms with E-state index < -0.39 is 0 Å². The second kappa shape index (κ2) is 9.16. The second-order valence-corrected chi connectivity index (χ2v) is 8.60. The molecule has 3 heterocycles. The smallest absolute Gasteiger partial charge is 0.227 e. The highest BCUT2D eigenvalue weighted by Crippen LogP contribution is 2.31. The molecule has 0 bridgehead atoms. The fraction of sp³-hybridized carbons (Fsp3) is 0.458. The fourth-order valence-corrected chi connectivity index (χ4v) is 4.13. The Morgan fingerprint density at radius 3 is 2.87 bits per heavy atom. The summed E-state index contributed by atoms with van der Waals surface area (Å²) in [5, 5.41) is 21.9. The lowest BCUT2D eigenvalue weighted by atomic mass is 9.89. The van der Waals surface area contributed by atoms with Gasteiger partial charge in [-0.3, -0.25) is 4.68 Å². The van der Waals surface area contributed by atoms with Crippen LogP contribution in [0.5, 0.6) is 0 Å². The minimum atomic E-state index is -0.390. The molecular weight excluding hydrogens is 388 g/mol. The van der Waals surface area contributed by atoms with E-state index in [1.807, 2.05) is 30.2 Å². The molecule has 164 valence electrons. The number of aromatic nitrogens is 4. The van der Waals surface area contributed by atoms with Crippen molar-refractivity contribution in [2.24, 2.45) is 0 Å². The van der Waals surface area contributed by atoms with Gasteiger partial charge in [-0.1, -0.05) is 19.4 Å². The van der Waals surface area contributed by atoms with E-state index in [9.17, 15) is 5.11 Å². The van der Waals surface area contributed by atoms with Crippen LogP contribution in [0.1, 0.15) is 62.4 Å². The number of hydrogen-bond donors (Lipinski definition) is 3. The standard InChI is InChI=1S/C24H32N6O/c1-5-6-21(31)23-20-11-19(8-7-17(20)9-10-25-23)28-24-26-12-16(4)22(29-24)18-13-27-30(14-18)15(2)3/h7-8,11-15,21,23,25,31H,5-6,9-10H2,1-4H3,(H,26,28,29). The van der Waals surface area contributed by atoms with Crippen LogP contribution in [0.4, 0.5) is 11.6 Å². The van der Waals surface area contributed by atoms with Gasteiger partial charge in [-0.05, 0) is 69.0 Å². The fourth-order valence-electron chi connectivity index (χ4n) is 4.13. The van der Waals surface area contributed by atoms with E-state index >= 15 is 0 Å². The summed E-state index contributed by atoms with van der Waals surface area (Å²) in [6.45, 7) is 9.20. The molecule has 3 aromatic rings. The van der Waals surface area contributed by atoms with E-state index in [4.69, 9.17) is 4.98 Å². The predicted molar refractivity (Wildman–Crippen MR) is 123 cm³/mol. The summed E-state index contributed by atoms with van der Waals surface area (Å²) in [5.41, 5.74) is 6.23. The Kier molecular flexibility index (Phi) is 6.34. The maximum atomic E-state index is 10.6. The zero-order chi connectivity index (χ0) is 22.0. The Hall–Kier alpha value is -2.77. The van der Waals surface area contributed by atoms with Gasteiger partial charge in [0.1, 0.15) is 0 Å². The quantitative estimate of drug-likeness (QED) is 0.528. The van der Waals surface area contributed by atoms with Gasteiger partial charge in [0.2, 0.25) is 5.95 Å². The van der Waals surface area contributed by atoms with Crippen LogP contribution in [-0.4, -0.2) is 37.5 Å². The van der Waals surface area contributed by atoms with Crippen LogP contribution in [0, 0.1) is 6.92 Å². The van der Waals surface area contributed by atoms with Crippen molar-refractivity contribution in [1.82, 2.24) is 25.1 Å². The summed E-state index contributed by atoms with van der Waals surface area (Å²) in [6.07, 6.45) is 8.03. The molecule has 0 fully saturated rings. The normalized spacial score (nSPS) is 16.9. The van der Waals surface area contributed by atoms with Crippen molar-refractivity contribution in [3.05, 3.63) is 53.5 Å². The molecule has 0 saturated heterocycles. The van der Waals surface area contributed by atoms with Gasteiger partial charge in [-0.25, -0.2) is 9.97 Å². The molecule has 0 aliphatic carbocycles. The Labute approximate surface area is 183 Å². The van der Waals surface area contributed by atoms with Crippen molar-refractivity contribution in [1.29, 1.82) is 0 Å². The number of aliphatic hydroxyl groups excluding tert-OH is 1. The van der Waals surface area contributed by atoms with Crippen molar-refractivity contribution in [2.75, 3.05) is 11.9 Å². The average Bonchev–Trinajstić information content (AvgIpc) is 3.25. The predicted octanol–water partition coefficient (Wildman–Crippen LogP) is 4.32. The highest BCUT2D eigenvalue weighted by Gasteiger charge is 2.26. The Morgan fingerprint density at radius 2 is 2.13 bits per heavy atom. The first kappa shape index (κ1) is 21.5. The maximum Gasteiger partial charge on any atom is 0.227 e. The Bertz CT molecular complexity index is 1040. The molecular formula is C24H32N6O. The molecule has 2 atom stereocenters. The minimum absolute atomic E-state index is 0.0400. The molecule has 0 radical (unpaired) electrons. The molecule has 1 aliphatic heterocycles. The SMILES string of the molecule is CCCC(O)C1NCCc2ccc(Nc3ncc(C)c(-c4cnn(C(C)C)c4)n3)cc21. The number of anilines is 2. The number of rotatable bonds is 7. The summed E-state index contributed by atoms with van der Waals surface area (Å²) in [7, 11) is 0. The highest BCUT2D eigenvalue weighted by molar-refractivity contribution is 5.64. The first-order chi connectivity index (χ1) is 15.0. The van der Waals surface area contributed by atoms with Gasteiger partial charge in [-0.15, -0.1) is 0 Å². The largest absolute Gasteiger partial charge is 0.391 e. The van der Waals surface area contributed by atoms with Crippen LogP contribution in [0.25, 0.3) is 11.3 Å². The van der Waals surface area contributed by atoms with Crippen LogP contribution < -0.4 is 10.6 Å². The summed E-state index contributed by atoms with van der Waals surface area (Å²) < 4.78 is 1.93. The molecule has 0 spiro atoms. The lowest BCUT2D eigenvalue weighted by Crippen LogP contribution is -2.37. The van der Waals surface area contributed by atoms with Crippen LogP contribution >= 0.6 is 0 Å². The van der Waals surface area contributed by atoms with E-state index in [1.165, 1.54) is 5.56 Å². The molecule has 7 heteroatoms. The number of hydrogen-bond acceptors (Lipinski definition) is 6.